The summed E-state index contributed by atoms with van der Waals surface area (Å²) < 4.78 is 38.1. The van der Waals surface area contributed by atoms with Gasteiger partial charge in [-0.15, -0.1) is 0 Å². The van der Waals surface area contributed by atoms with Crippen LogP contribution < -0.4 is 0 Å². The predicted octanol–water partition coefficient (Wildman–Crippen LogP) is 2.69. The summed E-state index contributed by atoms with van der Waals surface area (Å²) in [7, 11) is 0. The summed E-state index contributed by atoms with van der Waals surface area (Å²) in [6.45, 7) is 4.96. The van der Waals surface area contributed by atoms with E-state index in [1.54, 1.807) is 0 Å². The monoisotopic (exact) mass is 336 g/mol. The first kappa shape index (κ1) is 18.5. The van der Waals surface area contributed by atoms with Crippen molar-refractivity contribution in [3.63, 3.8) is 0 Å². The molecular formula is C16H27F3N2O2. The molecule has 0 aromatic rings. The number of halogens is 3. The van der Waals surface area contributed by atoms with Crippen LogP contribution in [-0.2, 0) is 4.79 Å². The maximum absolute atomic E-state index is 12.7. The maximum Gasteiger partial charge on any atom is 0.401 e. The number of aliphatic carboxylic acids is 1. The molecule has 2 rings (SSSR count). The number of likely N-dealkylation sites (tertiary alicyclic amines) is 2. The van der Waals surface area contributed by atoms with Gasteiger partial charge in [0.05, 0.1) is 13.1 Å². The van der Waals surface area contributed by atoms with Crippen LogP contribution in [0.25, 0.3) is 0 Å². The third-order valence-corrected chi connectivity index (χ3v) is 5.36. The lowest BCUT2D eigenvalue weighted by Crippen LogP contribution is -2.55. The van der Waals surface area contributed by atoms with E-state index in [1.807, 2.05) is 4.90 Å². The molecule has 1 N–H and O–H groups in total. The first-order valence-corrected chi connectivity index (χ1v) is 8.40. The number of hydrogen-bond donors (Lipinski definition) is 1. The highest BCUT2D eigenvalue weighted by atomic mass is 19.4. The first-order chi connectivity index (χ1) is 10.7. The maximum atomic E-state index is 12.7. The minimum Gasteiger partial charge on any atom is -0.480 e. The van der Waals surface area contributed by atoms with Crippen LogP contribution in [0.1, 0.15) is 33.1 Å². The van der Waals surface area contributed by atoms with Crippen LogP contribution in [0.5, 0.6) is 0 Å². The molecule has 0 aromatic carbocycles. The van der Waals surface area contributed by atoms with Gasteiger partial charge in [0.1, 0.15) is 0 Å². The number of rotatable bonds is 4. The van der Waals surface area contributed by atoms with Crippen molar-refractivity contribution in [2.24, 2.45) is 17.8 Å². The van der Waals surface area contributed by atoms with Crippen molar-refractivity contribution >= 4 is 5.97 Å². The predicted molar refractivity (Wildman–Crippen MR) is 81.2 cm³/mol. The van der Waals surface area contributed by atoms with Crippen molar-refractivity contribution < 1.29 is 23.1 Å². The van der Waals surface area contributed by atoms with E-state index >= 15 is 0 Å². The van der Waals surface area contributed by atoms with E-state index in [0.717, 1.165) is 25.8 Å². The van der Waals surface area contributed by atoms with Gasteiger partial charge < -0.3 is 5.11 Å². The fourth-order valence-corrected chi connectivity index (χ4v) is 4.11. The quantitative estimate of drug-likeness (QED) is 0.857. The average molecular weight is 336 g/mol. The molecule has 2 saturated heterocycles. The Labute approximate surface area is 135 Å². The zero-order valence-corrected chi connectivity index (χ0v) is 13.9. The van der Waals surface area contributed by atoms with Crippen LogP contribution in [0.4, 0.5) is 13.2 Å². The van der Waals surface area contributed by atoms with Gasteiger partial charge in [0.15, 0.2) is 0 Å². The molecule has 2 unspecified atom stereocenters. The van der Waals surface area contributed by atoms with Gasteiger partial charge >= 0.3 is 12.1 Å². The summed E-state index contributed by atoms with van der Waals surface area (Å²) >= 11 is 0. The molecule has 7 heteroatoms. The van der Waals surface area contributed by atoms with Crippen LogP contribution in [0.3, 0.4) is 0 Å². The van der Waals surface area contributed by atoms with E-state index in [4.69, 9.17) is 5.11 Å². The zero-order valence-electron chi connectivity index (χ0n) is 13.9. The molecule has 0 spiro atoms. The van der Waals surface area contributed by atoms with Crippen molar-refractivity contribution in [1.29, 1.82) is 0 Å². The van der Waals surface area contributed by atoms with Crippen LogP contribution in [0.2, 0.25) is 0 Å². The highest BCUT2D eigenvalue weighted by molar-refractivity contribution is 5.69. The highest BCUT2D eigenvalue weighted by Crippen LogP contribution is 2.35. The summed E-state index contributed by atoms with van der Waals surface area (Å²) in [5.74, 6) is 0.0645. The molecule has 23 heavy (non-hydrogen) atoms. The lowest BCUT2D eigenvalue weighted by Gasteiger charge is -2.48. The summed E-state index contributed by atoms with van der Waals surface area (Å²) in [6.07, 6.45) is -1.60. The molecule has 134 valence electrons. The minimum atomic E-state index is -4.17. The van der Waals surface area contributed by atoms with Gasteiger partial charge in [-0.3, -0.25) is 14.6 Å². The molecule has 2 heterocycles. The Morgan fingerprint density at radius 1 is 1.22 bits per heavy atom. The van der Waals surface area contributed by atoms with Gasteiger partial charge in [-0.2, -0.15) is 13.2 Å². The molecule has 0 aromatic heterocycles. The Morgan fingerprint density at radius 2 is 1.91 bits per heavy atom. The van der Waals surface area contributed by atoms with Crippen LogP contribution in [0.15, 0.2) is 0 Å². The minimum absolute atomic E-state index is 0.0140. The van der Waals surface area contributed by atoms with Crippen molar-refractivity contribution in [2.75, 3.05) is 32.7 Å². The second kappa shape index (κ2) is 7.38. The smallest absolute Gasteiger partial charge is 0.401 e. The summed E-state index contributed by atoms with van der Waals surface area (Å²) in [5.41, 5.74) is 0. The van der Waals surface area contributed by atoms with E-state index < -0.39 is 18.7 Å². The summed E-state index contributed by atoms with van der Waals surface area (Å²) in [4.78, 5) is 14.6. The van der Waals surface area contributed by atoms with Gasteiger partial charge in [-0.1, -0.05) is 13.8 Å². The van der Waals surface area contributed by atoms with E-state index in [1.165, 1.54) is 4.90 Å². The number of carboxylic acids is 1. The Kier molecular flexibility index (Phi) is 5.94. The molecular weight excluding hydrogens is 309 g/mol. The van der Waals surface area contributed by atoms with Crippen molar-refractivity contribution in [2.45, 2.75) is 45.3 Å². The third-order valence-electron chi connectivity index (χ3n) is 5.36. The number of piperidine rings is 2. The molecule has 4 nitrogen and oxygen atoms in total. The third kappa shape index (κ3) is 5.35. The number of nitrogens with zero attached hydrogens (tertiary/aromatic N) is 2. The van der Waals surface area contributed by atoms with E-state index in [-0.39, 0.29) is 18.5 Å². The Bertz CT molecular complexity index is 417. The van der Waals surface area contributed by atoms with Crippen LogP contribution in [0, 0.1) is 17.8 Å². The van der Waals surface area contributed by atoms with Gasteiger partial charge in [0, 0.05) is 12.6 Å². The number of hydrogen-bond acceptors (Lipinski definition) is 3. The fourth-order valence-electron chi connectivity index (χ4n) is 4.11. The van der Waals surface area contributed by atoms with Gasteiger partial charge in [0.25, 0.3) is 0 Å². The first-order valence-electron chi connectivity index (χ1n) is 8.40. The van der Waals surface area contributed by atoms with Gasteiger partial charge in [0.2, 0.25) is 0 Å². The molecule has 0 saturated carbocycles. The zero-order chi connectivity index (χ0) is 17.2. The second-order valence-corrected chi connectivity index (χ2v) is 7.34. The number of alkyl halides is 3. The lowest BCUT2D eigenvalue weighted by molar-refractivity contribution is -0.153. The molecule has 0 amide bonds. The second-order valence-electron chi connectivity index (χ2n) is 7.34. The molecule has 0 aliphatic carbocycles. The number of carbonyl (C=O) groups is 1. The Morgan fingerprint density at radius 3 is 2.52 bits per heavy atom. The van der Waals surface area contributed by atoms with Crippen molar-refractivity contribution in [1.82, 2.24) is 9.80 Å². The lowest BCUT2D eigenvalue weighted by atomic mass is 9.76. The van der Waals surface area contributed by atoms with E-state index in [0.29, 0.717) is 24.9 Å². The molecule has 0 radical (unpaired) electrons. The molecule has 2 fully saturated rings. The van der Waals surface area contributed by atoms with Crippen LogP contribution >= 0.6 is 0 Å². The summed E-state index contributed by atoms with van der Waals surface area (Å²) in [5, 5.41) is 9.12. The van der Waals surface area contributed by atoms with Gasteiger partial charge in [-0.25, -0.2) is 0 Å². The molecule has 4 atom stereocenters. The highest BCUT2D eigenvalue weighted by Gasteiger charge is 2.41. The SMILES string of the molecule is C[C@H]1CCN(CC(=O)O)C(C2CN(CC(F)(F)F)CC[C@H]2C)C1. The van der Waals surface area contributed by atoms with Crippen molar-refractivity contribution in [3.05, 3.63) is 0 Å². The fraction of sp³-hybridized carbons (Fsp3) is 0.938. The molecule has 2 aliphatic heterocycles. The van der Waals surface area contributed by atoms with Crippen molar-refractivity contribution in [3.8, 4) is 0 Å². The largest absolute Gasteiger partial charge is 0.480 e. The van der Waals surface area contributed by atoms with E-state index in [9.17, 15) is 18.0 Å². The standard InChI is InChI=1S/C16H27F3N2O2/c1-11-3-6-21(9-15(22)23)14(7-11)13-8-20(5-4-12(13)2)10-16(17,18)19/h11-14H,3-10H2,1-2H3,(H,22,23)/t11-,12+,13?,14?/m0/s1. The average Bonchev–Trinajstić information content (AvgIpc) is 2.41. The normalized spacial score (nSPS) is 34.5. The van der Waals surface area contributed by atoms with Gasteiger partial charge in [-0.05, 0) is 50.1 Å². The molecule has 0 bridgehead atoms. The summed E-state index contributed by atoms with van der Waals surface area (Å²) in [6, 6.07) is 0.0703. The van der Waals surface area contributed by atoms with Crippen LogP contribution in [-0.4, -0.2) is 65.8 Å². The number of carboxylic acid groups (broad SMARTS) is 1. The molecule has 2 aliphatic rings. The Hall–Kier alpha value is -0.820. The Balaban J connectivity index is 2.08. The van der Waals surface area contributed by atoms with E-state index in [2.05, 4.69) is 13.8 Å². The topological polar surface area (TPSA) is 43.8 Å².